The number of hydrogen-bond acceptors (Lipinski definition) is 6. The maximum atomic E-state index is 13.5. The lowest BCUT2D eigenvalue weighted by Gasteiger charge is -2.10. The van der Waals surface area contributed by atoms with Crippen molar-refractivity contribution in [2.75, 3.05) is 12.8 Å². The van der Waals surface area contributed by atoms with Gasteiger partial charge in [-0.2, -0.15) is 5.10 Å². The van der Waals surface area contributed by atoms with Gasteiger partial charge in [0.2, 0.25) is 0 Å². The third kappa shape index (κ3) is 4.41. The van der Waals surface area contributed by atoms with Gasteiger partial charge >= 0.3 is 5.97 Å². The number of benzene rings is 2. The number of aromatic carboxylic acids is 1. The molecule has 2 aromatic heterocycles. The second kappa shape index (κ2) is 9.13. The summed E-state index contributed by atoms with van der Waals surface area (Å²) >= 11 is 1.41. The first-order valence-corrected chi connectivity index (χ1v) is 10.6. The van der Waals surface area contributed by atoms with E-state index >= 15 is 0 Å². The van der Waals surface area contributed by atoms with Gasteiger partial charge in [-0.1, -0.05) is 18.2 Å². The number of nitrogens with one attached hydrogen (secondary N) is 1. The number of anilines is 1. The zero-order valence-electron chi connectivity index (χ0n) is 17.4. The minimum atomic E-state index is -1.19. The van der Waals surface area contributed by atoms with Gasteiger partial charge in [0.15, 0.2) is 5.69 Å². The molecule has 0 unspecified atom stereocenters. The average Bonchev–Trinajstić information content (AvgIpc) is 3.45. The van der Waals surface area contributed by atoms with E-state index in [0.717, 1.165) is 16.5 Å². The predicted molar refractivity (Wildman–Crippen MR) is 122 cm³/mol. The lowest BCUT2D eigenvalue weighted by molar-refractivity contribution is 0.0688. The molecule has 0 aliphatic carbocycles. The van der Waals surface area contributed by atoms with E-state index in [0.29, 0.717) is 11.4 Å². The highest BCUT2D eigenvalue weighted by Gasteiger charge is 2.23. The van der Waals surface area contributed by atoms with E-state index in [4.69, 9.17) is 10.5 Å². The molecule has 10 heteroatoms. The number of carbonyl (C=O) groups is 2. The van der Waals surface area contributed by atoms with Crippen LogP contribution in [0.2, 0.25) is 0 Å². The van der Waals surface area contributed by atoms with Crippen molar-refractivity contribution in [3.8, 4) is 22.0 Å². The van der Waals surface area contributed by atoms with E-state index < -0.39 is 17.7 Å². The Morgan fingerprint density at radius 1 is 1.21 bits per heavy atom. The van der Waals surface area contributed by atoms with E-state index in [9.17, 15) is 19.1 Å². The van der Waals surface area contributed by atoms with Crippen molar-refractivity contribution in [2.45, 2.75) is 6.54 Å². The number of amides is 1. The molecule has 4 aromatic rings. The monoisotopic (exact) mass is 466 g/mol. The zero-order chi connectivity index (χ0) is 23.5. The molecule has 33 heavy (non-hydrogen) atoms. The van der Waals surface area contributed by atoms with Crippen molar-refractivity contribution >= 4 is 28.9 Å². The average molecular weight is 466 g/mol. The molecule has 4 N–H and O–H groups in total. The quantitative estimate of drug-likeness (QED) is 0.379. The van der Waals surface area contributed by atoms with Gasteiger partial charge < -0.3 is 20.9 Å². The SMILES string of the molecule is COc1ccc(F)cc1C(=O)NCc1ccc(-n2nc(-c3cccs3)c(N)c2C(=O)O)cc1. The van der Waals surface area contributed by atoms with Gasteiger partial charge in [0.1, 0.15) is 17.3 Å². The number of nitrogen functional groups attached to an aromatic ring is 1. The van der Waals surface area contributed by atoms with E-state index in [-0.39, 0.29) is 29.2 Å². The molecule has 8 nitrogen and oxygen atoms in total. The van der Waals surface area contributed by atoms with Crippen LogP contribution >= 0.6 is 11.3 Å². The van der Waals surface area contributed by atoms with Crippen LogP contribution in [0.25, 0.3) is 16.3 Å². The van der Waals surface area contributed by atoms with Crippen molar-refractivity contribution in [1.82, 2.24) is 15.1 Å². The molecule has 0 atom stereocenters. The van der Waals surface area contributed by atoms with Crippen LogP contribution in [0.5, 0.6) is 5.75 Å². The molecule has 0 saturated heterocycles. The Balaban J connectivity index is 1.55. The number of carboxylic acid groups (broad SMARTS) is 1. The zero-order valence-corrected chi connectivity index (χ0v) is 18.2. The first-order valence-electron chi connectivity index (χ1n) is 9.75. The standard InChI is InChI=1S/C23H19FN4O4S/c1-32-17-9-6-14(24)11-16(17)22(29)26-12-13-4-7-15(8-5-13)28-21(23(30)31)19(25)20(27-28)18-3-2-10-33-18/h2-11H,12,25H2,1H3,(H,26,29)(H,30,31). The summed E-state index contributed by atoms with van der Waals surface area (Å²) < 4.78 is 19.9. The Hall–Kier alpha value is -4.18. The number of carboxylic acids is 1. The number of nitrogens with zero attached hydrogens (tertiary/aromatic N) is 2. The van der Waals surface area contributed by atoms with Crippen LogP contribution in [0.4, 0.5) is 10.1 Å². The molecular formula is C23H19FN4O4S. The summed E-state index contributed by atoms with van der Waals surface area (Å²) in [5, 5.41) is 18.7. The summed E-state index contributed by atoms with van der Waals surface area (Å²) in [6.07, 6.45) is 0. The highest BCUT2D eigenvalue weighted by atomic mass is 32.1. The molecule has 0 aliphatic rings. The van der Waals surface area contributed by atoms with Gasteiger partial charge in [0, 0.05) is 6.54 Å². The fourth-order valence-corrected chi connectivity index (χ4v) is 4.03. The van der Waals surface area contributed by atoms with Crippen LogP contribution in [0, 0.1) is 5.82 Å². The van der Waals surface area contributed by atoms with Gasteiger partial charge in [0.05, 0.1) is 28.9 Å². The summed E-state index contributed by atoms with van der Waals surface area (Å²) in [4.78, 5) is 25.1. The van der Waals surface area contributed by atoms with Crippen molar-refractivity contribution in [3.63, 3.8) is 0 Å². The maximum Gasteiger partial charge on any atom is 0.356 e. The molecule has 0 bridgehead atoms. The highest BCUT2D eigenvalue weighted by Crippen LogP contribution is 2.32. The number of hydrogen-bond donors (Lipinski definition) is 3. The highest BCUT2D eigenvalue weighted by molar-refractivity contribution is 7.13. The lowest BCUT2D eigenvalue weighted by atomic mass is 10.1. The minimum absolute atomic E-state index is 0.0883. The first-order chi connectivity index (χ1) is 15.9. The third-order valence-corrected chi connectivity index (χ3v) is 5.80. The Bertz CT molecular complexity index is 1320. The van der Waals surface area contributed by atoms with Crippen molar-refractivity contribution < 1.29 is 23.8 Å². The Morgan fingerprint density at radius 3 is 2.61 bits per heavy atom. The molecule has 0 fully saturated rings. The summed E-state index contributed by atoms with van der Waals surface area (Å²) in [7, 11) is 1.40. The second-order valence-corrected chi connectivity index (χ2v) is 7.95. The third-order valence-electron chi connectivity index (χ3n) is 4.92. The Morgan fingerprint density at radius 2 is 1.97 bits per heavy atom. The number of nitrogens with two attached hydrogens (primary N) is 1. The molecule has 2 heterocycles. The Labute approximate surface area is 192 Å². The topological polar surface area (TPSA) is 119 Å². The molecule has 2 aromatic carbocycles. The summed E-state index contributed by atoms with van der Waals surface area (Å²) in [6.45, 7) is 0.173. The molecule has 0 aliphatic heterocycles. The molecule has 0 radical (unpaired) electrons. The van der Waals surface area contributed by atoms with Crippen molar-refractivity contribution in [2.24, 2.45) is 0 Å². The van der Waals surface area contributed by atoms with Gasteiger partial charge in [-0.15, -0.1) is 11.3 Å². The second-order valence-electron chi connectivity index (χ2n) is 7.00. The summed E-state index contributed by atoms with van der Waals surface area (Å²) in [5.74, 6) is -1.95. The maximum absolute atomic E-state index is 13.5. The van der Waals surface area contributed by atoms with Crippen LogP contribution in [-0.4, -0.2) is 33.9 Å². The van der Waals surface area contributed by atoms with E-state index in [1.54, 1.807) is 24.3 Å². The summed E-state index contributed by atoms with van der Waals surface area (Å²) in [5.41, 5.74) is 7.80. The molecule has 168 valence electrons. The van der Waals surface area contributed by atoms with Crippen LogP contribution in [-0.2, 0) is 6.54 Å². The fraction of sp³-hybridized carbons (Fsp3) is 0.0870. The van der Waals surface area contributed by atoms with Gasteiger partial charge in [0.25, 0.3) is 5.91 Å². The van der Waals surface area contributed by atoms with Crippen LogP contribution < -0.4 is 15.8 Å². The van der Waals surface area contributed by atoms with Crippen LogP contribution in [0.3, 0.4) is 0 Å². The van der Waals surface area contributed by atoms with Crippen LogP contribution in [0.15, 0.2) is 60.0 Å². The largest absolute Gasteiger partial charge is 0.496 e. The van der Waals surface area contributed by atoms with Gasteiger partial charge in [-0.25, -0.2) is 13.9 Å². The molecule has 4 rings (SSSR count). The minimum Gasteiger partial charge on any atom is -0.496 e. The number of rotatable bonds is 7. The Kier molecular flexibility index (Phi) is 6.09. The lowest BCUT2D eigenvalue weighted by Crippen LogP contribution is -2.23. The van der Waals surface area contributed by atoms with E-state index in [1.807, 2.05) is 17.5 Å². The van der Waals surface area contributed by atoms with Crippen molar-refractivity contribution in [1.29, 1.82) is 0 Å². The number of halogens is 1. The van der Waals surface area contributed by atoms with E-state index in [2.05, 4.69) is 10.4 Å². The normalized spacial score (nSPS) is 10.7. The number of aromatic nitrogens is 2. The van der Waals surface area contributed by atoms with Crippen molar-refractivity contribution in [3.05, 3.63) is 82.6 Å². The first kappa shape index (κ1) is 22.0. The van der Waals surface area contributed by atoms with Gasteiger partial charge in [-0.3, -0.25) is 4.79 Å². The number of methoxy groups -OCH3 is 1. The smallest absolute Gasteiger partial charge is 0.356 e. The predicted octanol–water partition coefficient (Wildman–Crippen LogP) is 3.96. The molecule has 0 spiro atoms. The fourth-order valence-electron chi connectivity index (χ4n) is 3.31. The molecule has 0 saturated carbocycles. The van der Waals surface area contributed by atoms with Crippen LogP contribution in [0.1, 0.15) is 26.4 Å². The van der Waals surface area contributed by atoms with Gasteiger partial charge in [-0.05, 0) is 47.3 Å². The number of ether oxygens (including phenoxy) is 1. The van der Waals surface area contributed by atoms with E-state index in [1.165, 1.54) is 35.3 Å². The molecular weight excluding hydrogens is 447 g/mol. The molecule has 1 amide bonds. The summed E-state index contributed by atoms with van der Waals surface area (Å²) in [6, 6.07) is 14.2. The number of thiophene rings is 1. The number of carbonyl (C=O) groups excluding carboxylic acids is 1.